The van der Waals surface area contributed by atoms with Crippen LogP contribution in [0.15, 0.2) is 48.5 Å². The van der Waals surface area contributed by atoms with Crippen LogP contribution in [0.3, 0.4) is 0 Å². The molecule has 0 bridgehead atoms. The number of anilines is 3. The van der Waals surface area contributed by atoms with Gasteiger partial charge in [-0.1, -0.05) is 12.1 Å². The minimum absolute atomic E-state index is 0.0995. The van der Waals surface area contributed by atoms with Crippen LogP contribution in [0.1, 0.15) is 19.3 Å². The Bertz CT molecular complexity index is 941. The molecule has 0 aromatic heterocycles. The highest BCUT2D eigenvalue weighted by atomic mass is 16.5. The van der Waals surface area contributed by atoms with Crippen molar-refractivity contribution in [3.8, 4) is 5.75 Å². The summed E-state index contributed by atoms with van der Waals surface area (Å²) in [4.78, 5) is 40.4. The topological polar surface area (TPSA) is 79.0 Å². The second kappa shape index (κ2) is 7.95. The third kappa shape index (κ3) is 3.81. The third-order valence-corrected chi connectivity index (χ3v) is 5.39. The van der Waals surface area contributed by atoms with Gasteiger partial charge in [0.25, 0.3) is 0 Å². The van der Waals surface area contributed by atoms with Gasteiger partial charge in [-0.2, -0.15) is 0 Å². The summed E-state index contributed by atoms with van der Waals surface area (Å²) in [6.45, 7) is 1.04. The highest BCUT2D eigenvalue weighted by Gasteiger charge is 2.36. The highest BCUT2D eigenvalue weighted by Crippen LogP contribution is 2.33. The van der Waals surface area contributed by atoms with Crippen molar-refractivity contribution in [2.24, 2.45) is 5.92 Å². The molecule has 2 aliphatic heterocycles. The molecule has 2 aromatic rings. The van der Waals surface area contributed by atoms with E-state index in [4.69, 9.17) is 4.74 Å². The fourth-order valence-electron chi connectivity index (χ4n) is 3.86. The van der Waals surface area contributed by atoms with Crippen molar-refractivity contribution in [1.29, 1.82) is 0 Å². The number of hydrogen-bond acceptors (Lipinski definition) is 4. The van der Waals surface area contributed by atoms with Crippen molar-refractivity contribution in [3.05, 3.63) is 48.5 Å². The lowest BCUT2D eigenvalue weighted by molar-refractivity contribution is -0.122. The number of carbonyl (C=O) groups excluding carboxylic acids is 3. The van der Waals surface area contributed by atoms with E-state index in [1.165, 1.54) is 0 Å². The molecule has 1 unspecified atom stereocenters. The van der Waals surface area contributed by atoms with Gasteiger partial charge in [-0.05, 0) is 42.8 Å². The van der Waals surface area contributed by atoms with Crippen molar-refractivity contribution < 1.29 is 19.1 Å². The minimum atomic E-state index is -0.438. The number of ether oxygens (including phenoxy) is 1. The van der Waals surface area contributed by atoms with E-state index >= 15 is 0 Å². The second-order valence-electron chi connectivity index (χ2n) is 7.26. The molecule has 2 fully saturated rings. The van der Waals surface area contributed by atoms with Crippen LogP contribution in [-0.2, 0) is 14.4 Å². The van der Waals surface area contributed by atoms with Crippen LogP contribution < -0.4 is 19.9 Å². The van der Waals surface area contributed by atoms with Crippen LogP contribution in [0.2, 0.25) is 0 Å². The zero-order chi connectivity index (χ0) is 20.4. The molecule has 7 nitrogen and oxygen atoms in total. The largest absolute Gasteiger partial charge is 0.495 e. The quantitative estimate of drug-likeness (QED) is 0.847. The molecule has 3 amide bonds. The second-order valence-corrected chi connectivity index (χ2v) is 7.26. The summed E-state index contributed by atoms with van der Waals surface area (Å²) in [5, 5.41) is 2.88. The molecule has 0 aliphatic carbocycles. The molecule has 2 aromatic carbocycles. The first-order valence-corrected chi connectivity index (χ1v) is 9.71. The summed E-state index contributed by atoms with van der Waals surface area (Å²) >= 11 is 0. The average Bonchev–Trinajstić information content (AvgIpc) is 3.34. The molecule has 1 N–H and O–H groups in total. The lowest BCUT2D eigenvalue weighted by Crippen LogP contribution is -2.28. The first kappa shape index (κ1) is 19.0. The molecule has 0 spiro atoms. The predicted molar refractivity (Wildman–Crippen MR) is 110 cm³/mol. The van der Waals surface area contributed by atoms with Gasteiger partial charge in [0, 0.05) is 37.3 Å². The highest BCUT2D eigenvalue weighted by molar-refractivity contribution is 6.04. The SMILES string of the molecule is COc1ccccc1N1CC(C(=O)Nc2ccc(N3CCCC3=O)cc2)CC1=O. The van der Waals surface area contributed by atoms with Crippen molar-refractivity contribution in [1.82, 2.24) is 0 Å². The lowest BCUT2D eigenvalue weighted by atomic mass is 10.1. The van der Waals surface area contributed by atoms with Crippen LogP contribution in [0, 0.1) is 5.92 Å². The van der Waals surface area contributed by atoms with Gasteiger partial charge in [-0.15, -0.1) is 0 Å². The van der Waals surface area contributed by atoms with Crippen LogP contribution >= 0.6 is 0 Å². The molecule has 2 aliphatic rings. The van der Waals surface area contributed by atoms with Gasteiger partial charge in [-0.3, -0.25) is 14.4 Å². The molecule has 2 saturated heterocycles. The number of para-hydroxylation sites is 2. The summed E-state index contributed by atoms with van der Waals surface area (Å²) < 4.78 is 5.34. The van der Waals surface area contributed by atoms with Gasteiger partial charge in [-0.25, -0.2) is 0 Å². The maximum atomic E-state index is 12.7. The molecular formula is C22H23N3O4. The Morgan fingerprint density at radius 2 is 1.79 bits per heavy atom. The Balaban J connectivity index is 1.41. The lowest BCUT2D eigenvalue weighted by Gasteiger charge is -2.19. The zero-order valence-electron chi connectivity index (χ0n) is 16.3. The Morgan fingerprint density at radius 1 is 1.03 bits per heavy atom. The average molecular weight is 393 g/mol. The van der Waals surface area contributed by atoms with Gasteiger partial charge < -0.3 is 19.9 Å². The van der Waals surface area contributed by atoms with Crippen molar-refractivity contribution in [2.75, 3.05) is 35.3 Å². The molecule has 4 rings (SSSR count). The number of benzene rings is 2. The Labute approximate surface area is 169 Å². The van der Waals surface area contributed by atoms with Gasteiger partial charge in [0.1, 0.15) is 5.75 Å². The predicted octanol–water partition coefficient (Wildman–Crippen LogP) is 2.81. The van der Waals surface area contributed by atoms with Crippen LogP contribution in [0.25, 0.3) is 0 Å². The van der Waals surface area contributed by atoms with Crippen molar-refractivity contribution >= 4 is 34.8 Å². The number of amides is 3. The zero-order valence-corrected chi connectivity index (χ0v) is 16.3. The Hall–Kier alpha value is -3.35. The monoisotopic (exact) mass is 393 g/mol. The van der Waals surface area contributed by atoms with Gasteiger partial charge >= 0.3 is 0 Å². The molecule has 7 heteroatoms. The number of rotatable bonds is 5. The van der Waals surface area contributed by atoms with Gasteiger partial charge in [0.15, 0.2) is 0 Å². The summed E-state index contributed by atoms with van der Waals surface area (Å²) in [6, 6.07) is 14.5. The van der Waals surface area contributed by atoms with E-state index in [1.54, 1.807) is 35.1 Å². The minimum Gasteiger partial charge on any atom is -0.495 e. The molecule has 0 saturated carbocycles. The summed E-state index contributed by atoms with van der Waals surface area (Å²) in [5.74, 6) is 0.00202. The van der Waals surface area contributed by atoms with E-state index in [2.05, 4.69) is 5.32 Å². The maximum absolute atomic E-state index is 12.7. The van der Waals surface area contributed by atoms with E-state index in [1.807, 2.05) is 30.3 Å². The number of hydrogen-bond donors (Lipinski definition) is 1. The normalized spacial score (nSPS) is 19.0. The van der Waals surface area contributed by atoms with Crippen molar-refractivity contribution in [2.45, 2.75) is 19.3 Å². The summed E-state index contributed by atoms with van der Waals surface area (Å²) in [7, 11) is 1.56. The van der Waals surface area contributed by atoms with Gasteiger partial charge in [0.2, 0.25) is 17.7 Å². The summed E-state index contributed by atoms with van der Waals surface area (Å²) in [6.07, 6.45) is 1.61. The smallest absolute Gasteiger partial charge is 0.229 e. The standard InChI is InChI=1S/C22H23N3O4/c1-29-19-6-3-2-5-18(19)25-14-15(13-21(25)27)22(28)23-16-8-10-17(11-9-16)24-12-4-7-20(24)26/h2-3,5-6,8-11,15H,4,7,12-14H2,1H3,(H,23,28). The summed E-state index contributed by atoms with van der Waals surface area (Å²) in [5.41, 5.74) is 2.16. The number of nitrogens with one attached hydrogen (secondary N) is 1. The van der Waals surface area contributed by atoms with E-state index in [-0.39, 0.29) is 24.1 Å². The first-order chi connectivity index (χ1) is 14.1. The Kier molecular flexibility index (Phi) is 5.20. The number of methoxy groups -OCH3 is 1. The molecule has 0 radical (unpaired) electrons. The first-order valence-electron chi connectivity index (χ1n) is 9.71. The van der Waals surface area contributed by atoms with Crippen LogP contribution in [0.4, 0.5) is 17.1 Å². The van der Waals surface area contributed by atoms with E-state index in [9.17, 15) is 14.4 Å². The fourth-order valence-corrected chi connectivity index (χ4v) is 3.86. The Morgan fingerprint density at radius 3 is 2.48 bits per heavy atom. The van der Waals surface area contributed by atoms with E-state index in [0.717, 1.165) is 18.7 Å². The number of carbonyl (C=O) groups is 3. The van der Waals surface area contributed by atoms with Crippen molar-refractivity contribution in [3.63, 3.8) is 0 Å². The number of nitrogens with zero attached hydrogens (tertiary/aromatic N) is 2. The molecule has 2 heterocycles. The third-order valence-electron chi connectivity index (χ3n) is 5.39. The van der Waals surface area contributed by atoms with Gasteiger partial charge in [0.05, 0.1) is 18.7 Å². The molecule has 150 valence electrons. The van der Waals surface area contributed by atoms with E-state index < -0.39 is 5.92 Å². The van der Waals surface area contributed by atoms with Crippen LogP contribution in [-0.4, -0.2) is 37.9 Å². The van der Waals surface area contributed by atoms with E-state index in [0.29, 0.717) is 30.1 Å². The molecule has 1 atom stereocenters. The molecule has 29 heavy (non-hydrogen) atoms. The molecular weight excluding hydrogens is 370 g/mol. The van der Waals surface area contributed by atoms with Crippen LogP contribution in [0.5, 0.6) is 5.75 Å². The maximum Gasteiger partial charge on any atom is 0.229 e. The fraction of sp³-hybridized carbons (Fsp3) is 0.318.